The van der Waals surface area contributed by atoms with E-state index in [1.54, 1.807) is 6.07 Å². The van der Waals surface area contributed by atoms with Crippen LogP contribution in [0.15, 0.2) is 16.6 Å². The molecule has 2 N–H and O–H groups in total. The van der Waals surface area contributed by atoms with Crippen LogP contribution in [0.25, 0.3) is 0 Å². The van der Waals surface area contributed by atoms with E-state index >= 15 is 0 Å². The number of aromatic hydroxyl groups is 1. The van der Waals surface area contributed by atoms with Crippen molar-refractivity contribution in [2.75, 3.05) is 0 Å². The highest BCUT2D eigenvalue weighted by Crippen LogP contribution is 2.29. The van der Waals surface area contributed by atoms with Crippen molar-refractivity contribution in [3.05, 3.63) is 27.7 Å². The van der Waals surface area contributed by atoms with Crippen molar-refractivity contribution in [2.24, 2.45) is 0 Å². The second-order valence-electron chi connectivity index (χ2n) is 2.64. The van der Waals surface area contributed by atoms with Gasteiger partial charge in [0.15, 0.2) is 0 Å². The maximum absolute atomic E-state index is 11.1. The average Bonchev–Trinajstić information content (AvgIpc) is 2.33. The molecule has 0 saturated heterocycles. The number of carbonyl (C=O) groups is 1. The van der Waals surface area contributed by atoms with Crippen LogP contribution in [0.3, 0.4) is 0 Å². The molecule has 0 bridgehead atoms. The van der Waals surface area contributed by atoms with Crippen LogP contribution in [-0.2, 0) is 6.54 Å². The molecule has 1 heterocycles. The summed E-state index contributed by atoms with van der Waals surface area (Å²) in [6.45, 7) is 0.537. The molecular formula is C8H6BrNO2. The standard InChI is InChI=1S/C8H6BrNO2/c9-7-2-4(11)1-5-6(7)3-10-8(5)12/h1-2,11H,3H2,(H,10,12). The summed E-state index contributed by atoms with van der Waals surface area (Å²) in [5.74, 6) is -0.0146. The van der Waals surface area contributed by atoms with E-state index in [-0.39, 0.29) is 11.7 Å². The van der Waals surface area contributed by atoms with Gasteiger partial charge in [0.2, 0.25) is 0 Å². The molecule has 0 saturated carbocycles. The number of amides is 1. The zero-order valence-electron chi connectivity index (χ0n) is 6.10. The van der Waals surface area contributed by atoms with Gasteiger partial charge in [0.05, 0.1) is 0 Å². The van der Waals surface area contributed by atoms with Crippen LogP contribution in [0.5, 0.6) is 5.75 Å². The molecule has 0 radical (unpaired) electrons. The number of carbonyl (C=O) groups excluding carboxylic acids is 1. The summed E-state index contributed by atoms with van der Waals surface area (Å²) < 4.78 is 0.774. The average molecular weight is 228 g/mol. The Hall–Kier alpha value is -1.03. The Morgan fingerprint density at radius 3 is 3.00 bits per heavy atom. The third-order valence-electron chi connectivity index (χ3n) is 1.85. The smallest absolute Gasteiger partial charge is 0.252 e. The summed E-state index contributed by atoms with van der Waals surface area (Å²) in [7, 11) is 0. The number of halogens is 1. The summed E-state index contributed by atoms with van der Waals surface area (Å²) in [6.07, 6.45) is 0. The van der Waals surface area contributed by atoms with Crippen LogP contribution in [0.2, 0.25) is 0 Å². The number of hydrogen-bond donors (Lipinski definition) is 2. The molecular weight excluding hydrogens is 222 g/mol. The first-order valence-corrected chi connectivity index (χ1v) is 4.27. The summed E-state index contributed by atoms with van der Waals surface area (Å²) in [5.41, 5.74) is 1.47. The minimum atomic E-state index is -0.124. The van der Waals surface area contributed by atoms with Gasteiger partial charge in [-0.05, 0) is 17.7 Å². The van der Waals surface area contributed by atoms with Crippen LogP contribution in [-0.4, -0.2) is 11.0 Å². The van der Waals surface area contributed by atoms with Gasteiger partial charge in [-0.2, -0.15) is 0 Å². The Morgan fingerprint density at radius 1 is 1.50 bits per heavy atom. The Kier molecular flexibility index (Phi) is 1.58. The molecule has 1 aliphatic heterocycles. The van der Waals surface area contributed by atoms with Gasteiger partial charge in [0, 0.05) is 16.6 Å². The molecule has 0 aliphatic carbocycles. The first-order valence-electron chi connectivity index (χ1n) is 3.48. The minimum Gasteiger partial charge on any atom is -0.508 e. The van der Waals surface area contributed by atoms with Crippen LogP contribution >= 0.6 is 15.9 Å². The van der Waals surface area contributed by atoms with E-state index in [0.29, 0.717) is 12.1 Å². The zero-order chi connectivity index (χ0) is 8.72. The molecule has 1 aliphatic rings. The van der Waals surface area contributed by atoms with Crippen LogP contribution in [0.1, 0.15) is 15.9 Å². The summed E-state index contributed by atoms with van der Waals surface area (Å²) >= 11 is 3.27. The monoisotopic (exact) mass is 227 g/mol. The summed E-state index contributed by atoms with van der Waals surface area (Å²) in [5, 5.41) is 11.9. The number of phenolic OH excluding ortho intramolecular Hbond substituents is 1. The number of nitrogens with one attached hydrogen (secondary N) is 1. The minimum absolute atomic E-state index is 0.109. The lowest BCUT2D eigenvalue weighted by Gasteiger charge is -1.99. The first-order chi connectivity index (χ1) is 5.68. The Labute approximate surface area is 77.5 Å². The highest BCUT2D eigenvalue weighted by molar-refractivity contribution is 9.10. The normalized spacial score (nSPS) is 14.2. The number of benzene rings is 1. The molecule has 0 unspecified atom stereocenters. The van der Waals surface area contributed by atoms with Gasteiger partial charge in [-0.3, -0.25) is 4.79 Å². The quantitative estimate of drug-likeness (QED) is 0.705. The number of hydrogen-bond acceptors (Lipinski definition) is 2. The van der Waals surface area contributed by atoms with E-state index in [2.05, 4.69) is 21.2 Å². The van der Waals surface area contributed by atoms with Gasteiger partial charge in [0.25, 0.3) is 5.91 Å². The van der Waals surface area contributed by atoms with E-state index < -0.39 is 0 Å². The lowest BCUT2D eigenvalue weighted by Crippen LogP contribution is -2.12. The molecule has 1 aromatic rings. The maximum atomic E-state index is 11.1. The van der Waals surface area contributed by atoms with Crippen molar-refractivity contribution in [3.63, 3.8) is 0 Å². The molecule has 0 fully saturated rings. The molecule has 0 atom stereocenters. The largest absolute Gasteiger partial charge is 0.508 e. The van der Waals surface area contributed by atoms with Crippen molar-refractivity contribution in [1.82, 2.24) is 5.32 Å². The number of rotatable bonds is 0. The Bertz CT molecular complexity index is 362. The van der Waals surface area contributed by atoms with E-state index in [0.717, 1.165) is 10.0 Å². The van der Waals surface area contributed by atoms with Gasteiger partial charge in [-0.25, -0.2) is 0 Å². The van der Waals surface area contributed by atoms with Gasteiger partial charge >= 0.3 is 0 Å². The SMILES string of the molecule is O=C1NCc2c(Br)cc(O)cc21. The van der Waals surface area contributed by atoms with Crippen LogP contribution < -0.4 is 5.32 Å². The summed E-state index contributed by atoms with van der Waals surface area (Å²) in [6, 6.07) is 3.06. The van der Waals surface area contributed by atoms with E-state index in [1.165, 1.54) is 6.07 Å². The van der Waals surface area contributed by atoms with Crippen molar-refractivity contribution in [3.8, 4) is 5.75 Å². The Balaban J connectivity index is 2.68. The van der Waals surface area contributed by atoms with E-state index in [1.807, 2.05) is 0 Å². The molecule has 4 heteroatoms. The molecule has 3 nitrogen and oxygen atoms in total. The molecule has 0 aromatic heterocycles. The fourth-order valence-electron chi connectivity index (χ4n) is 1.27. The van der Waals surface area contributed by atoms with Gasteiger partial charge in [-0.1, -0.05) is 15.9 Å². The topological polar surface area (TPSA) is 49.3 Å². The van der Waals surface area contributed by atoms with Gasteiger partial charge in [0.1, 0.15) is 5.75 Å². The van der Waals surface area contributed by atoms with E-state index in [9.17, 15) is 9.90 Å². The van der Waals surface area contributed by atoms with Crippen molar-refractivity contribution < 1.29 is 9.90 Å². The fraction of sp³-hybridized carbons (Fsp3) is 0.125. The molecule has 1 amide bonds. The predicted octanol–water partition coefficient (Wildman–Crippen LogP) is 1.40. The van der Waals surface area contributed by atoms with Gasteiger partial charge < -0.3 is 10.4 Å². The van der Waals surface area contributed by atoms with Crippen molar-refractivity contribution >= 4 is 21.8 Å². The van der Waals surface area contributed by atoms with Crippen LogP contribution in [0, 0.1) is 0 Å². The summed E-state index contributed by atoms with van der Waals surface area (Å²) in [4.78, 5) is 11.1. The Morgan fingerprint density at radius 2 is 2.25 bits per heavy atom. The number of phenols is 1. The zero-order valence-corrected chi connectivity index (χ0v) is 7.68. The lowest BCUT2D eigenvalue weighted by atomic mass is 10.1. The van der Waals surface area contributed by atoms with Crippen molar-refractivity contribution in [1.29, 1.82) is 0 Å². The first kappa shape index (κ1) is 7.61. The third kappa shape index (κ3) is 0.992. The molecule has 0 spiro atoms. The van der Waals surface area contributed by atoms with E-state index in [4.69, 9.17) is 0 Å². The highest BCUT2D eigenvalue weighted by Gasteiger charge is 2.21. The number of fused-ring (bicyclic) bond motifs is 1. The molecule has 62 valence electrons. The second kappa shape index (κ2) is 2.48. The molecule has 12 heavy (non-hydrogen) atoms. The third-order valence-corrected chi connectivity index (χ3v) is 2.56. The maximum Gasteiger partial charge on any atom is 0.252 e. The molecule has 2 rings (SSSR count). The van der Waals surface area contributed by atoms with Gasteiger partial charge in [-0.15, -0.1) is 0 Å². The van der Waals surface area contributed by atoms with Crippen molar-refractivity contribution in [2.45, 2.75) is 6.54 Å². The van der Waals surface area contributed by atoms with Crippen LogP contribution in [0.4, 0.5) is 0 Å². The predicted molar refractivity (Wildman–Crippen MR) is 47.0 cm³/mol. The highest BCUT2D eigenvalue weighted by atomic mass is 79.9. The lowest BCUT2D eigenvalue weighted by molar-refractivity contribution is 0.0965. The second-order valence-corrected chi connectivity index (χ2v) is 3.49. The fourth-order valence-corrected chi connectivity index (χ4v) is 1.86. The molecule has 1 aromatic carbocycles.